The van der Waals surface area contributed by atoms with E-state index in [0.29, 0.717) is 30.1 Å². The summed E-state index contributed by atoms with van der Waals surface area (Å²) in [5.41, 5.74) is 1.89. The van der Waals surface area contributed by atoms with Crippen LogP contribution in [0.2, 0.25) is 0 Å². The van der Waals surface area contributed by atoms with Crippen molar-refractivity contribution in [3.8, 4) is 11.5 Å². The minimum atomic E-state index is -0.652. The standard InChI is InChI=1S/C21H22N2O4/c1-4-12-23(13-15-8-10-16(26-3)11-9-15)21(25)17-6-5-7-18-19(17)27-14(2)20(24)22-18/h4-11,14H,1,12-13H2,2-3H3,(H,22,24). The summed E-state index contributed by atoms with van der Waals surface area (Å²) < 4.78 is 10.9. The molecule has 6 nitrogen and oxygen atoms in total. The van der Waals surface area contributed by atoms with Crippen LogP contribution < -0.4 is 14.8 Å². The van der Waals surface area contributed by atoms with Gasteiger partial charge in [-0.15, -0.1) is 6.58 Å². The van der Waals surface area contributed by atoms with Gasteiger partial charge in [0.1, 0.15) is 5.75 Å². The van der Waals surface area contributed by atoms with Crippen LogP contribution in [0.15, 0.2) is 55.1 Å². The first-order valence-corrected chi connectivity index (χ1v) is 8.67. The highest BCUT2D eigenvalue weighted by molar-refractivity contribution is 6.04. The fourth-order valence-electron chi connectivity index (χ4n) is 2.89. The second-order valence-electron chi connectivity index (χ2n) is 6.25. The van der Waals surface area contributed by atoms with Gasteiger partial charge >= 0.3 is 0 Å². The lowest BCUT2D eigenvalue weighted by Crippen LogP contribution is -2.36. The molecule has 3 rings (SSSR count). The Morgan fingerprint density at radius 3 is 2.70 bits per heavy atom. The maximum atomic E-state index is 13.2. The Kier molecular flexibility index (Phi) is 5.45. The molecule has 0 saturated heterocycles. The third-order valence-electron chi connectivity index (χ3n) is 4.34. The number of ether oxygens (including phenoxy) is 2. The molecule has 0 bridgehead atoms. The van der Waals surface area contributed by atoms with E-state index in [0.717, 1.165) is 11.3 Å². The minimum Gasteiger partial charge on any atom is -0.497 e. The fourth-order valence-corrected chi connectivity index (χ4v) is 2.89. The van der Waals surface area contributed by atoms with Crippen LogP contribution in [0.25, 0.3) is 0 Å². The number of benzene rings is 2. The summed E-state index contributed by atoms with van der Waals surface area (Å²) >= 11 is 0. The third kappa shape index (κ3) is 3.95. The molecule has 0 spiro atoms. The maximum Gasteiger partial charge on any atom is 0.265 e. The van der Waals surface area contributed by atoms with E-state index in [4.69, 9.17) is 9.47 Å². The molecule has 1 atom stereocenters. The number of hydrogen-bond donors (Lipinski definition) is 1. The summed E-state index contributed by atoms with van der Waals surface area (Å²) in [4.78, 5) is 26.7. The van der Waals surface area contributed by atoms with E-state index in [-0.39, 0.29) is 11.8 Å². The van der Waals surface area contributed by atoms with Gasteiger partial charge in [0.25, 0.3) is 11.8 Å². The number of amides is 2. The van der Waals surface area contributed by atoms with Crippen LogP contribution in [0.4, 0.5) is 5.69 Å². The van der Waals surface area contributed by atoms with Gasteiger partial charge in [0.05, 0.1) is 18.4 Å². The molecule has 2 aromatic rings. The molecule has 0 aromatic heterocycles. The van der Waals surface area contributed by atoms with Crippen molar-refractivity contribution >= 4 is 17.5 Å². The predicted octanol–water partition coefficient (Wildman–Crippen LogP) is 3.24. The minimum absolute atomic E-state index is 0.189. The number of nitrogens with zero attached hydrogens (tertiary/aromatic N) is 1. The summed E-state index contributed by atoms with van der Waals surface area (Å²) in [6.45, 7) is 6.21. The molecule has 1 unspecified atom stereocenters. The van der Waals surface area contributed by atoms with Crippen molar-refractivity contribution < 1.29 is 19.1 Å². The number of nitrogens with one attached hydrogen (secondary N) is 1. The van der Waals surface area contributed by atoms with E-state index in [1.165, 1.54) is 0 Å². The number of para-hydroxylation sites is 1. The second-order valence-corrected chi connectivity index (χ2v) is 6.25. The van der Waals surface area contributed by atoms with Crippen molar-refractivity contribution in [1.82, 2.24) is 4.90 Å². The van der Waals surface area contributed by atoms with Gasteiger partial charge in [-0.25, -0.2) is 0 Å². The molecular weight excluding hydrogens is 344 g/mol. The van der Waals surface area contributed by atoms with Gasteiger partial charge in [-0.3, -0.25) is 9.59 Å². The number of carbonyl (C=O) groups is 2. The molecule has 6 heteroatoms. The zero-order valence-electron chi connectivity index (χ0n) is 15.4. The van der Waals surface area contributed by atoms with Crippen LogP contribution in [-0.4, -0.2) is 36.5 Å². The van der Waals surface area contributed by atoms with E-state index in [1.807, 2.05) is 24.3 Å². The first-order valence-electron chi connectivity index (χ1n) is 8.67. The smallest absolute Gasteiger partial charge is 0.265 e. The fraction of sp³-hybridized carbons (Fsp3) is 0.238. The van der Waals surface area contributed by atoms with Crippen LogP contribution in [0, 0.1) is 0 Å². The van der Waals surface area contributed by atoms with Crippen molar-refractivity contribution in [3.63, 3.8) is 0 Å². The van der Waals surface area contributed by atoms with Crippen molar-refractivity contribution in [2.75, 3.05) is 19.0 Å². The molecule has 27 heavy (non-hydrogen) atoms. The zero-order chi connectivity index (χ0) is 19.4. The van der Waals surface area contributed by atoms with Gasteiger partial charge in [0.2, 0.25) is 0 Å². The number of hydrogen-bond acceptors (Lipinski definition) is 4. The normalized spacial score (nSPS) is 15.2. The van der Waals surface area contributed by atoms with Crippen molar-refractivity contribution in [2.24, 2.45) is 0 Å². The lowest BCUT2D eigenvalue weighted by Gasteiger charge is -2.27. The Morgan fingerprint density at radius 2 is 2.04 bits per heavy atom. The summed E-state index contributed by atoms with van der Waals surface area (Å²) in [5, 5.41) is 2.77. The lowest BCUT2D eigenvalue weighted by atomic mass is 10.1. The van der Waals surface area contributed by atoms with Crippen molar-refractivity contribution in [2.45, 2.75) is 19.6 Å². The Bertz CT molecular complexity index is 861. The monoisotopic (exact) mass is 366 g/mol. The van der Waals surface area contributed by atoms with Gasteiger partial charge < -0.3 is 19.7 Å². The molecule has 2 amide bonds. The molecule has 0 radical (unpaired) electrons. The van der Waals surface area contributed by atoms with Gasteiger partial charge in [-0.05, 0) is 36.8 Å². The zero-order valence-corrected chi connectivity index (χ0v) is 15.4. The first-order chi connectivity index (χ1) is 13.0. The van der Waals surface area contributed by atoms with E-state index in [2.05, 4.69) is 11.9 Å². The van der Waals surface area contributed by atoms with Crippen molar-refractivity contribution in [3.05, 3.63) is 66.2 Å². The van der Waals surface area contributed by atoms with E-state index < -0.39 is 6.10 Å². The third-order valence-corrected chi connectivity index (χ3v) is 4.34. The molecular formula is C21H22N2O4. The molecule has 0 saturated carbocycles. The second kappa shape index (κ2) is 7.95. The average Bonchev–Trinajstić information content (AvgIpc) is 2.68. The maximum absolute atomic E-state index is 13.2. The van der Waals surface area contributed by atoms with Gasteiger partial charge in [-0.2, -0.15) is 0 Å². The number of methoxy groups -OCH3 is 1. The summed E-state index contributed by atoms with van der Waals surface area (Å²) in [5.74, 6) is 0.744. The molecule has 1 aliphatic heterocycles. The Labute approximate surface area is 158 Å². The predicted molar refractivity (Wildman–Crippen MR) is 103 cm³/mol. The first kappa shape index (κ1) is 18.5. The number of rotatable bonds is 6. The van der Waals surface area contributed by atoms with E-state index in [1.54, 1.807) is 43.2 Å². The van der Waals surface area contributed by atoms with Crippen LogP contribution in [0.5, 0.6) is 11.5 Å². The molecule has 2 aromatic carbocycles. The molecule has 0 aliphatic carbocycles. The quantitative estimate of drug-likeness (QED) is 0.797. The van der Waals surface area contributed by atoms with Crippen LogP contribution in [0.3, 0.4) is 0 Å². The van der Waals surface area contributed by atoms with E-state index >= 15 is 0 Å². The van der Waals surface area contributed by atoms with Crippen LogP contribution in [0.1, 0.15) is 22.8 Å². The van der Waals surface area contributed by atoms with Gasteiger partial charge in [-0.1, -0.05) is 24.3 Å². The van der Waals surface area contributed by atoms with Crippen LogP contribution in [-0.2, 0) is 11.3 Å². The molecule has 1 N–H and O–H groups in total. The summed E-state index contributed by atoms with van der Waals surface area (Å²) in [7, 11) is 1.61. The lowest BCUT2D eigenvalue weighted by molar-refractivity contribution is -0.122. The molecule has 1 heterocycles. The molecule has 1 aliphatic rings. The topological polar surface area (TPSA) is 67.9 Å². The Hall–Kier alpha value is -3.28. The highest BCUT2D eigenvalue weighted by Crippen LogP contribution is 2.34. The van der Waals surface area contributed by atoms with Gasteiger partial charge in [0.15, 0.2) is 11.9 Å². The van der Waals surface area contributed by atoms with Crippen molar-refractivity contribution in [1.29, 1.82) is 0 Å². The number of fused-ring (bicyclic) bond motifs is 1. The number of carbonyl (C=O) groups excluding carboxylic acids is 2. The largest absolute Gasteiger partial charge is 0.497 e. The Morgan fingerprint density at radius 1 is 1.30 bits per heavy atom. The van der Waals surface area contributed by atoms with Crippen LogP contribution >= 0.6 is 0 Å². The number of anilines is 1. The summed E-state index contributed by atoms with van der Waals surface area (Å²) in [6, 6.07) is 12.7. The Balaban J connectivity index is 1.88. The SMILES string of the molecule is C=CCN(Cc1ccc(OC)cc1)C(=O)c1cccc2c1OC(C)C(=O)N2. The summed E-state index contributed by atoms with van der Waals surface area (Å²) in [6.07, 6.45) is 1.03. The average molecular weight is 366 g/mol. The molecule has 140 valence electrons. The highest BCUT2D eigenvalue weighted by atomic mass is 16.5. The highest BCUT2D eigenvalue weighted by Gasteiger charge is 2.29. The molecule has 0 fully saturated rings. The van der Waals surface area contributed by atoms with Gasteiger partial charge in [0, 0.05) is 13.1 Å². The van der Waals surface area contributed by atoms with E-state index in [9.17, 15) is 9.59 Å².